The van der Waals surface area contributed by atoms with Crippen LogP contribution in [0, 0.1) is 5.92 Å². The van der Waals surface area contributed by atoms with E-state index in [0.717, 1.165) is 30.5 Å². The minimum atomic E-state index is 0.565. The van der Waals surface area contributed by atoms with Crippen molar-refractivity contribution in [1.29, 1.82) is 0 Å². The van der Waals surface area contributed by atoms with E-state index in [-0.39, 0.29) is 0 Å². The van der Waals surface area contributed by atoms with Crippen LogP contribution in [0.25, 0.3) is 0 Å². The summed E-state index contributed by atoms with van der Waals surface area (Å²) in [5, 5.41) is 3.56. The van der Waals surface area contributed by atoms with Crippen LogP contribution >= 0.6 is 0 Å². The van der Waals surface area contributed by atoms with Crippen molar-refractivity contribution in [3.8, 4) is 0 Å². The first-order valence-corrected chi connectivity index (χ1v) is 7.79. The molecule has 0 spiro atoms. The van der Waals surface area contributed by atoms with Crippen LogP contribution in [0.5, 0.6) is 0 Å². The number of rotatable bonds is 5. The zero-order valence-corrected chi connectivity index (χ0v) is 11.9. The van der Waals surface area contributed by atoms with Crippen LogP contribution in [0.3, 0.4) is 0 Å². The lowest BCUT2D eigenvalue weighted by Crippen LogP contribution is -2.30. The van der Waals surface area contributed by atoms with Crippen molar-refractivity contribution in [2.45, 2.75) is 51.5 Å². The fraction of sp³-hybridized carbons (Fsp3) is 0.688. The molecular weight excluding hydrogens is 234 g/mol. The third-order valence-corrected chi connectivity index (χ3v) is 4.22. The summed E-state index contributed by atoms with van der Waals surface area (Å²) in [6, 6.07) is 4.91. The highest BCUT2D eigenvalue weighted by atomic mass is 15.2. The van der Waals surface area contributed by atoms with Gasteiger partial charge < -0.3 is 10.2 Å². The Kier molecular flexibility index (Phi) is 3.90. The average Bonchev–Trinajstić information content (AvgIpc) is 3.24. The number of nitrogens with one attached hydrogen (secondary N) is 1. The maximum absolute atomic E-state index is 4.61. The molecule has 1 aliphatic carbocycles. The standard InChI is InChI=1S/C16H25N3/c1-13(11-14-5-6-14)18-15-7-8-16(17-12-15)19-9-3-2-4-10-19/h7-8,12-14,18H,2-6,9-11H2,1H3. The second kappa shape index (κ2) is 5.81. The van der Waals surface area contributed by atoms with Gasteiger partial charge in [-0.25, -0.2) is 4.98 Å². The van der Waals surface area contributed by atoms with Gasteiger partial charge in [0.1, 0.15) is 5.82 Å². The van der Waals surface area contributed by atoms with Crippen molar-refractivity contribution in [3.63, 3.8) is 0 Å². The lowest BCUT2D eigenvalue weighted by Gasteiger charge is -2.27. The highest BCUT2D eigenvalue weighted by Gasteiger charge is 2.23. The smallest absolute Gasteiger partial charge is 0.128 e. The maximum Gasteiger partial charge on any atom is 0.128 e. The van der Waals surface area contributed by atoms with E-state index in [1.165, 1.54) is 38.5 Å². The minimum absolute atomic E-state index is 0.565. The van der Waals surface area contributed by atoms with Gasteiger partial charge in [0.15, 0.2) is 0 Å². The molecule has 2 fully saturated rings. The van der Waals surface area contributed by atoms with E-state index in [0.29, 0.717) is 6.04 Å². The molecule has 1 saturated carbocycles. The Morgan fingerprint density at radius 3 is 2.68 bits per heavy atom. The van der Waals surface area contributed by atoms with Crippen molar-refractivity contribution in [3.05, 3.63) is 18.3 Å². The zero-order chi connectivity index (χ0) is 13.1. The number of anilines is 2. The molecule has 2 aliphatic rings. The van der Waals surface area contributed by atoms with Gasteiger partial charge in [0.25, 0.3) is 0 Å². The molecule has 0 radical (unpaired) electrons. The normalized spacial score (nSPS) is 21.2. The van der Waals surface area contributed by atoms with E-state index >= 15 is 0 Å². The van der Waals surface area contributed by atoms with Crippen molar-refractivity contribution in [2.24, 2.45) is 5.92 Å². The van der Waals surface area contributed by atoms with E-state index < -0.39 is 0 Å². The summed E-state index contributed by atoms with van der Waals surface area (Å²) < 4.78 is 0. The van der Waals surface area contributed by atoms with Gasteiger partial charge in [-0.2, -0.15) is 0 Å². The van der Waals surface area contributed by atoms with Crippen LogP contribution in [0.1, 0.15) is 45.4 Å². The molecule has 1 atom stereocenters. The number of piperidine rings is 1. The lowest BCUT2D eigenvalue weighted by molar-refractivity contribution is 0.573. The predicted octanol–water partition coefficient (Wildman–Crippen LogP) is 3.67. The molecule has 0 bridgehead atoms. The quantitative estimate of drug-likeness (QED) is 0.874. The summed E-state index contributed by atoms with van der Waals surface area (Å²) in [6.07, 6.45) is 10.1. The molecular formula is C16H25N3. The molecule has 3 rings (SSSR count). The van der Waals surface area contributed by atoms with E-state index in [1.54, 1.807) is 0 Å². The maximum atomic E-state index is 4.61. The van der Waals surface area contributed by atoms with E-state index in [1.807, 2.05) is 6.20 Å². The summed E-state index contributed by atoms with van der Waals surface area (Å²) in [4.78, 5) is 7.02. The molecule has 2 heterocycles. The van der Waals surface area contributed by atoms with Crippen molar-refractivity contribution >= 4 is 11.5 Å². The molecule has 1 aliphatic heterocycles. The van der Waals surface area contributed by atoms with Crippen LogP contribution < -0.4 is 10.2 Å². The predicted molar refractivity (Wildman–Crippen MR) is 80.7 cm³/mol. The second-order valence-electron chi connectivity index (χ2n) is 6.18. The Bertz CT molecular complexity index is 391. The molecule has 104 valence electrons. The van der Waals surface area contributed by atoms with Gasteiger partial charge in [0.2, 0.25) is 0 Å². The van der Waals surface area contributed by atoms with Crippen molar-refractivity contribution < 1.29 is 0 Å². The monoisotopic (exact) mass is 259 g/mol. The van der Waals surface area contributed by atoms with E-state index in [4.69, 9.17) is 0 Å². The molecule has 1 aromatic rings. The summed E-state index contributed by atoms with van der Waals surface area (Å²) in [5.74, 6) is 2.11. The van der Waals surface area contributed by atoms with Gasteiger partial charge in [0.05, 0.1) is 11.9 Å². The zero-order valence-electron chi connectivity index (χ0n) is 11.9. The topological polar surface area (TPSA) is 28.2 Å². The van der Waals surface area contributed by atoms with Crippen LogP contribution in [0.15, 0.2) is 18.3 Å². The fourth-order valence-corrected chi connectivity index (χ4v) is 2.98. The molecule has 1 aromatic heterocycles. The highest BCUT2D eigenvalue weighted by molar-refractivity contribution is 5.49. The van der Waals surface area contributed by atoms with E-state index in [9.17, 15) is 0 Å². The Labute approximate surface area is 116 Å². The number of nitrogens with zero attached hydrogens (tertiary/aromatic N) is 2. The Morgan fingerprint density at radius 1 is 1.26 bits per heavy atom. The minimum Gasteiger partial charge on any atom is -0.381 e. The summed E-state index contributed by atoms with van der Waals surface area (Å²) in [6.45, 7) is 4.60. The number of hydrogen-bond donors (Lipinski definition) is 1. The van der Waals surface area contributed by atoms with Gasteiger partial charge in [0, 0.05) is 19.1 Å². The summed E-state index contributed by atoms with van der Waals surface area (Å²) in [5.41, 5.74) is 1.16. The molecule has 0 amide bonds. The van der Waals surface area contributed by atoms with Crippen LogP contribution in [0.4, 0.5) is 11.5 Å². The van der Waals surface area contributed by atoms with Crippen molar-refractivity contribution in [1.82, 2.24) is 4.98 Å². The first-order chi connectivity index (χ1) is 9.31. The molecule has 0 aromatic carbocycles. The lowest BCUT2D eigenvalue weighted by atomic mass is 10.1. The largest absolute Gasteiger partial charge is 0.381 e. The van der Waals surface area contributed by atoms with Gasteiger partial charge in [-0.05, 0) is 50.7 Å². The van der Waals surface area contributed by atoms with Gasteiger partial charge in [-0.3, -0.25) is 0 Å². The highest BCUT2D eigenvalue weighted by Crippen LogP contribution is 2.34. The van der Waals surface area contributed by atoms with Crippen LogP contribution in [0.2, 0.25) is 0 Å². The first-order valence-electron chi connectivity index (χ1n) is 7.79. The molecule has 1 unspecified atom stereocenters. The van der Waals surface area contributed by atoms with Crippen LogP contribution in [-0.4, -0.2) is 24.1 Å². The second-order valence-corrected chi connectivity index (χ2v) is 6.18. The Morgan fingerprint density at radius 2 is 2.05 bits per heavy atom. The summed E-state index contributed by atoms with van der Waals surface area (Å²) in [7, 11) is 0. The number of aromatic nitrogens is 1. The van der Waals surface area contributed by atoms with Gasteiger partial charge in [-0.15, -0.1) is 0 Å². The van der Waals surface area contributed by atoms with Gasteiger partial charge >= 0.3 is 0 Å². The molecule has 1 saturated heterocycles. The molecule has 3 heteroatoms. The Hall–Kier alpha value is -1.25. The number of hydrogen-bond acceptors (Lipinski definition) is 3. The summed E-state index contributed by atoms with van der Waals surface area (Å²) >= 11 is 0. The molecule has 3 nitrogen and oxygen atoms in total. The van der Waals surface area contributed by atoms with E-state index in [2.05, 4.69) is 34.3 Å². The fourth-order valence-electron chi connectivity index (χ4n) is 2.98. The Balaban J connectivity index is 1.55. The third-order valence-electron chi connectivity index (χ3n) is 4.22. The van der Waals surface area contributed by atoms with Crippen LogP contribution in [-0.2, 0) is 0 Å². The average molecular weight is 259 g/mol. The molecule has 1 N–H and O–H groups in total. The SMILES string of the molecule is CC(CC1CC1)Nc1ccc(N2CCCCC2)nc1. The molecule has 19 heavy (non-hydrogen) atoms. The third kappa shape index (κ3) is 3.62. The first kappa shape index (κ1) is 12.8. The van der Waals surface area contributed by atoms with Crippen molar-refractivity contribution in [2.75, 3.05) is 23.3 Å². The number of pyridine rings is 1. The van der Waals surface area contributed by atoms with Gasteiger partial charge in [-0.1, -0.05) is 12.8 Å².